The second kappa shape index (κ2) is 8.53. The summed E-state index contributed by atoms with van der Waals surface area (Å²) in [6.07, 6.45) is 0. The Kier molecular flexibility index (Phi) is 6.70. The maximum Gasteiger partial charge on any atom is 0.234 e. The number of halogens is 2. The lowest BCUT2D eigenvalue weighted by Crippen LogP contribution is -2.36. The summed E-state index contributed by atoms with van der Waals surface area (Å²) in [5.41, 5.74) is 0.994. The van der Waals surface area contributed by atoms with Gasteiger partial charge >= 0.3 is 0 Å². The van der Waals surface area contributed by atoms with Crippen LogP contribution in [0, 0.1) is 0 Å². The molecule has 0 aliphatic carbocycles. The van der Waals surface area contributed by atoms with Gasteiger partial charge in [0, 0.05) is 23.0 Å². The molecule has 2 rings (SSSR count). The van der Waals surface area contributed by atoms with Gasteiger partial charge in [-0.1, -0.05) is 42.3 Å². The minimum atomic E-state index is 0.00415. The number of likely N-dealkylation sites (N-methyl/N-ethyl adjacent to an activating group) is 1. The highest BCUT2D eigenvalue weighted by Gasteiger charge is 2.10. The van der Waals surface area contributed by atoms with Gasteiger partial charge in [-0.2, -0.15) is 0 Å². The van der Waals surface area contributed by atoms with E-state index in [1.807, 2.05) is 43.3 Å². The second-order valence-corrected chi connectivity index (χ2v) is 7.15. The minimum absolute atomic E-state index is 0.00415. The zero-order chi connectivity index (χ0) is 15.9. The molecule has 118 valence electrons. The molecule has 0 bridgehead atoms. The van der Waals surface area contributed by atoms with Crippen LogP contribution in [0.4, 0.5) is 0 Å². The molecule has 0 aliphatic heterocycles. The summed E-state index contributed by atoms with van der Waals surface area (Å²) in [5, 5.41) is 3.60. The predicted octanol–water partition coefficient (Wildman–Crippen LogP) is 4.19. The van der Waals surface area contributed by atoms with E-state index >= 15 is 0 Å². The molecule has 1 aromatic carbocycles. The fourth-order valence-corrected chi connectivity index (χ4v) is 3.39. The normalized spacial score (nSPS) is 10.9. The Hall–Kier alpha value is -1.07. The number of carbonyl (C=O) groups excluding carboxylic acids is 1. The van der Waals surface area contributed by atoms with E-state index in [4.69, 9.17) is 23.2 Å². The molecule has 1 amide bonds. The van der Waals surface area contributed by atoms with Crippen molar-refractivity contribution in [3.63, 3.8) is 0 Å². The molecule has 1 heterocycles. The van der Waals surface area contributed by atoms with Gasteiger partial charge in [0.15, 0.2) is 0 Å². The smallest absolute Gasteiger partial charge is 0.234 e. The lowest BCUT2D eigenvalue weighted by atomic mass is 10.2. The fourth-order valence-electron chi connectivity index (χ4n) is 2.04. The van der Waals surface area contributed by atoms with Crippen molar-refractivity contribution >= 4 is 40.4 Å². The SMILES string of the molecule is CCN(CC(=O)NCc1cccc(Cl)c1)Cc1ccc(Cl)s1. The molecule has 0 saturated heterocycles. The number of hydrogen-bond donors (Lipinski definition) is 1. The molecule has 3 nitrogen and oxygen atoms in total. The quantitative estimate of drug-likeness (QED) is 0.806. The maximum atomic E-state index is 12.1. The van der Waals surface area contributed by atoms with Gasteiger partial charge in [0.05, 0.1) is 10.9 Å². The van der Waals surface area contributed by atoms with Gasteiger partial charge in [-0.05, 0) is 36.4 Å². The maximum absolute atomic E-state index is 12.1. The number of amides is 1. The molecule has 1 N–H and O–H groups in total. The molecular weight excluding hydrogens is 339 g/mol. The van der Waals surface area contributed by atoms with E-state index in [-0.39, 0.29) is 5.91 Å². The standard InChI is InChI=1S/C16H18Cl2N2OS/c1-2-20(10-14-6-7-15(18)22-14)11-16(21)19-9-12-4-3-5-13(17)8-12/h3-8H,2,9-11H2,1H3,(H,19,21). The molecule has 0 spiro atoms. The van der Waals surface area contributed by atoms with E-state index in [1.54, 1.807) is 11.3 Å². The molecule has 0 radical (unpaired) electrons. The first-order valence-corrected chi connectivity index (χ1v) is 8.61. The first-order valence-electron chi connectivity index (χ1n) is 7.04. The molecule has 2 aromatic rings. The van der Waals surface area contributed by atoms with E-state index in [0.717, 1.165) is 27.9 Å². The number of carbonyl (C=O) groups is 1. The summed E-state index contributed by atoms with van der Waals surface area (Å²) >= 11 is 13.4. The Labute approximate surface area is 144 Å². The average Bonchev–Trinajstić information content (AvgIpc) is 2.90. The van der Waals surface area contributed by atoms with E-state index < -0.39 is 0 Å². The predicted molar refractivity (Wildman–Crippen MR) is 93.6 cm³/mol. The fraction of sp³-hybridized carbons (Fsp3) is 0.312. The molecular formula is C16H18Cl2N2OS. The van der Waals surface area contributed by atoms with Crippen LogP contribution in [0.3, 0.4) is 0 Å². The van der Waals surface area contributed by atoms with Crippen LogP contribution in [0.5, 0.6) is 0 Å². The highest BCUT2D eigenvalue weighted by molar-refractivity contribution is 7.16. The van der Waals surface area contributed by atoms with Crippen molar-refractivity contribution in [3.8, 4) is 0 Å². The van der Waals surface area contributed by atoms with Crippen LogP contribution < -0.4 is 5.32 Å². The summed E-state index contributed by atoms with van der Waals surface area (Å²) in [7, 11) is 0. The van der Waals surface area contributed by atoms with Gasteiger partial charge < -0.3 is 5.32 Å². The van der Waals surface area contributed by atoms with Crippen molar-refractivity contribution in [1.29, 1.82) is 0 Å². The first-order chi connectivity index (χ1) is 10.6. The Balaban J connectivity index is 1.81. The number of nitrogens with zero attached hydrogens (tertiary/aromatic N) is 1. The Morgan fingerprint density at radius 1 is 1.27 bits per heavy atom. The van der Waals surface area contributed by atoms with Crippen LogP contribution in [-0.2, 0) is 17.9 Å². The van der Waals surface area contributed by atoms with Gasteiger partial charge in [0.25, 0.3) is 0 Å². The molecule has 0 unspecified atom stereocenters. The number of hydrogen-bond acceptors (Lipinski definition) is 3. The summed E-state index contributed by atoms with van der Waals surface area (Å²) in [4.78, 5) is 15.3. The van der Waals surface area contributed by atoms with Crippen molar-refractivity contribution in [2.45, 2.75) is 20.0 Å². The molecule has 6 heteroatoms. The lowest BCUT2D eigenvalue weighted by Gasteiger charge is -2.19. The number of rotatable bonds is 7. The summed E-state index contributed by atoms with van der Waals surface area (Å²) in [6.45, 7) is 4.44. The van der Waals surface area contributed by atoms with Crippen LogP contribution in [0.1, 0.15) is 17.4 Å². The monoisotopic (exact) mass is 356 g/mol. The molecule has 0 saturated carbocycles. The zero-order valence-electron chi connectivity index (χ0n) is 12.3. The third kappa shape index (κ3) is 5.61. The topological polar surface area (TPSA) is 32.3 Å². The third-order valence-electron chi connectivity index (χ3n) is 3.20. The number of nitrogens with one attached hydrogen (secondary N) is 1. The van der Waals surface area contributed by atoms with E-state index in [2.05, 4.69) is 10.2 Å². The first kappa shape index (κ1) is 17.3. The molecule has 1 aromatic heterocycles. The van der Waals surface area contributed by atoms with Gasteiger partial charge in [-0.15, -0.1) is 11.3 Å². The van der Waals surface area contributed by atoms with Gasteiger partial charge in [0.2, 0.25) is 5.91 Å². The van der Waals surface area contributed by atoms with Crippen LogP contribution in [0.15, 0.2) is 36.4 Å². The van der Waals surface area contributed by atoms with Crippen LogP contribution in [0.25, 0.3) is 0 Å². The highest BCUT2D eigenvalue weighted by atomic mass is 35.5. The van der Waals surface area contributed by atoms with E-state index in [0.29, 0.717) is 18.1 Å². The molecule has 0 aliphatic rings. The van der Waals surface area contributed by atoms with Crippen LogP contribution in [0.2, 0.25) is 9.36 Å². The Morgan fingerprint density at radius 2 is 2.09 bits per heavy atom. The number of benzene rings is 1. The molecule has 0 fully saturated rings. The van der Waals surface area contributed by atoms with Crippen LogP contribution in [-0.4, -0.2) is 23.9 Å². The van der Waals surface area contributed by atoms with Gasteiger partial charge in [-0.3, -0.25) is 9.69 Å². The Bertz CT molecular complexity index is 630. The molecule has 0 atom stereocenters. The van der Waals surface area contributed by atoms with Crippen molar-refractivity contribution in [3.05, 3.63) is 56.2 Å². The average molecular weight is 357 g/mol. The van der Waals surface area contributed by atoms with E-state index in [9.17, 15) is 4.79 Å². The minimum Gasteiger partial charge on any atom is -0.351 e. The van der Waals surface area contributed by atoms with Crippen molar-refractivity contribution in [2.24, 2.45) is 0 Å². The Morgan fingerprint density at radius 3 is 2.73 bits per heavy atom. The molecule has 22 heavy (non-hydrogen) atoms. The van der Waals surface area contributed by atoms with Gasteiger partial charge in [-0.25, -0.2) is 0 Å². The second-order valence-electron chi connectivity index (χ2n) is 4.92. The summed E-state index contributed by atoms with van der Waals surface area (Å²) in [6, 6.07) is 11.4. The highest BCUT2D eigenvalue weighted by Crippen LogP contribution is 2.22. The zero-order valence-corrected chi connectivity index (χ0v) is 14.6. The van der Waals surface area contributed by atoms with E-state index in [1.165, 1.54) is 0 Å². The lowest BCUT2D eigenvalue weighted by molar-refractivity contribution is -0.122. The van der Waals surface area contributed by atoms with Crippen molar-refractivity contribution in [2.75, 3.05) is 13.1 Å². The van der Waals surface area contributed by atoms with Crippen molar-refractivity contribution in [1.82, 2.24) is 10.2 Å². The third-order valence-corrected chi connectivity index (χ3v) is 4.65. The van der Waals surface area contributed by atoms with Crippen LogP contribution >= 0.6 is 34.5 Å². The largest absolute Gasteiger partial charge is 0.351 e. The number of thiophene rings is 1. The summed E-state index contributed by atoms with van der Waals surface area (Å²) in [5.74, 6) is 0.00415. The summed E-state index contributed by atoms with van der Waals surface area (Å²) < 4.78 is 0.775. The van der Waals surface area contributed by atoms with Crippen molar-refractivity contribution < 1.29 is 4.79 Å². The van der Waals surface area contributed by atoms with Gasteiger partial charge in [0.1, 0.15) is 0 Å².